The molecule has 0 bridgehead atoms. The zero-order valence-corrected chi connectivity index (χ0v) is 38.3. The van der Waals surface area contributed by atoms with Gasteiger partial charge < -0.3 is 4.90 Å². The first-order chi connectivity index (χ1) is 33.5. The molecular formula is C67H49N. The Bertz CT molecular complexity index is 3600. The van der Waals surface area contributed by atoms with Gasteiger partial charge in [-0.15, -0.1) is 0 Å². The lowest BCUT2D eigenvalue weighted by Crippen LogP contribution is -2.14. The number of benzene rings is 11. The zero-order chi connectivity index (χ0) is 45.6. The maximum absolute atomic E-state index is 2.45. The third kappa shape index (κ3) is 7.21. The SMILES string of the molecule is CC1(C)c2ccccc2-c2c(-c3ccc(N(c4ccc(-c5ccc(-c6ccc7ccccc7c6)cc5)cc4)c4cccc(-c5ccccc5)c4-c4ccccc4-c4ccccc4)cc3)cccc21. The van der Waals surface area contributed by atoms with Crippen LogP contribution in [0.25, 0.3) is 88.7 Å². The Hall–Kier alpha value is -8.52. The molecular weight excluding hydrogens is 819 g/mol. The average Bonchev–Trinajstić information content (AvgIpc) is 3.65. The van der Waals surface area contributed by atoms with Crippen molar-refractivity contribution in [2.75, 3.05) is 4.90 Å². The maximum Gasteiger partial charge on any atom is 0.0546 e. The van der Waals surface area contributed by atoms with Crippen molar-refractivity contribution in [2.45, 2.75) is 19.3 Å². The molecule has 11 aromatic carbocycles. The fourth-order valence-electron chi connectivity index (χ4n) is 10.7. The van der Waals surface area contributed by atoms with Crippen molar-refractivity contribution in [3.8, 4) is 77.9 Å². The van der Waals surface area contributed by atoms with E-state index in [1.807, 2.05) is 0 Å². The van der Waals surface area contributed by atoms with Gasteiger partial charge in [0, 0.05) is 22.4 Å². The predicted molar refractivity (Wildman–Crippen MR) is 289 cm³/mol. The molecule has 0 N–H and O–H groups in total. The molecule has 1 aliphatic rings. The highest BCUT2D eigenvalue weighted by Gasteiger charge is 2.36. The van der Waals surface area contributed by atoms with Crippen LogP contribution in [0.5, 0.6) is 0 Å². The summed E-state index contributed by atoms with van der Waals surface area (Å²) in [6, 6.07) is 95.6. The van der Waals surface area contributed by atoms with Crippen LogP contribution in [-0.4, -0.2) is 0 Å². The van der Waals surface area contributed by atoms with E-state index in [0.29, 0.717) is 0 Å². The van der Waals surface area contributed by atoms with E-state index >= 15 is 0 Å². The highest BCUT2D eigenvalue weighted by atomic mass is 15.1. The number of nitrogens with zero attached hydrogens (tertiary/aromatic N) is 1. The van der Waals surface area contributed by atoms with E-state index in [1.54, 1.807) is 0 Å². The number of hydrogen-bond acceptors (Lipinski definition) is 1. The monoisotopic (exact) mass is 867 g/mol. The van der Waals surface area contributed by atoms with Gasteiger partial charge in [-0.05, 0) is 131 Å². The molecule has 11 aromatic rings. The summed E-state index contributed by atoms with van der Waals surface area (Å²) in [5.74, 6) is 0. The Morgan fingerprint density at radius 3 is 1.35 bits per heavy atom. The van der Waals surface area contributed by atoms with Crippen LogP contribution < -0.4 is 4.90 Å². The Kier molecular flexibility index (Phi) is 10.3. The Morgan fingerprint density at radius 2 is 0.691 bits per heavy atom. The molecule has 0 aliphatic heterocycles. The molecule has 1 aliphatic carbocycles. The van der Waals surface area contributed by atoms with Crippen molar-refractivity contribution in [1.82, 2.24) is 0 Å². The standard InChI is InChI=1S/C67H49N/c1-67(2)62-28-14-13-25-61(62)65-58(26-15-29-63(65)67)52-39-43-56(44-40-52)68(55-41-37-48(38-42-55)47-31-33-49(34-32-47)54-36-35-46-17-9-10-22-53(46)45-54)64-30-16-27-59(51-20-7-4-8-21-51)66(64)60-24-12-11-23-57(60)50-18-5-3-6-19-50/h3-45H,1-2H3. The van der Waals surface area contributed by atoms with Gasteiger partial charge in [-0.25, -0.2) is 0 Å². The molecule has 322 valence electrons. The largest absolute Gasteiger partial charge is 0.310 e. The van der Waals surface area contributed by atoms with Gasteiger partial charge in [-0.3, -0.25) is 0 Å². The summed E-state index contributed by atoms with van der Waals surface area (Å²) in [5.41, 5.74) is 23.0. The third-order valence-electron chi connectivity index (χ3n) is 14.1. The van der Waals surface area contributed by atoms with Gasteiger partial charge in [0.15, 0.2) is 0 Å². The van der Waals surface area contributed by atoms with Crippen LogP contribution in [0.3, 0.4) is 0 Å². The fraction of sp³-hybridized carbons (Fsp3) is 0.0448. The Morgan fingerprint density at radius 1 is 0.265 bits per heavy atom. The summed E-state index contributed by atoms with van der Waals surface area (Å²) in [6.45, 7) is 4.71. The van der Waals surface area contributed by atoms with Gasteiger partial charge in [-0.1, -0.05) is 238 Å². The van der Waals surface area contributed by atoms with Crippen LogP contribution in [0.1, 0.15) is 25.0 Å². The van der Waals surface area contributed by atoms with E-state index in [1.165, 1.54) is 99.8 Å². The van der Waals surface area contributed by atoms with Crippen LogP contribution >= 0.6 is 0 Å². The van der Waals surface area contributed by atoms with Gasteiger partial charge in [-0.2, -0.15) is 0 Å². The molecule has 12 rings (SSSR count). The van der Waals surface area contributed by atoms with Gasteiger partial charge in [0.05, 0.1) is 5.69 Å². The smallest absolute Gasteiger partial charge is 0.0546 e. The number of anilines is 3. The first-order valence-electron chi connectivity index (χ1n) is 23.7. The molecule has 0 radical (unpaired) electrons. The molecule has 68 heavy (non-hydrogen) atoms. The molecule has 0 amide bonds. The normalized spacial score (nSPS) is 12.4. The van der Waals surface area contributed by atoms with Crippen LogP contribution in [-0.2, 0) is 5.41 Å². The maximum atomic E-state index is 2.45. The first-order valence-corrected chi connectivity index (χ1v) is 23.7. The number of hydrogen-bond donors (Lipinski definition) is 0. The fourth-order valence-corrected chi connectivity index (χ4v) is 10.7. The van der Waals surface area contributed by atoms with E-state index in [4.69, 9.17) is 0 Å². The summed E-state index contributed by atoms with van der Waals surface area (Å²) < 4.78 is 0. The zero-order valence-electron chi connectivity index (χ0n) is 38.3. The van der Waals surface area contributed by atoms with Crippen molar-refractivity contribution < 1.29 is 0 Å². The summed E-state index contributed by atoms with van der Waals surface area (Å²) in [7, 11) is 0. The van der Waals surface area contributed by atoms with Crippen molar-refractivity contribution in [3.05, 3.63) is 272 Å². The molecule has 0 heterocycles. The molecule has 0 aromatic heterocycles. The summed E-state index contributed by atoms with van der Waals surface area (Å²) >= 11 is 0. The summed E-state index contributed by atoms with van der Waals surface area (Å²) in [6.07, 6.45) is 0. The van der Waals surface area contributed by atoms with E-state index in [9.17, 15) is 0 Å². The predicted octanol–water partition coefficient (Wildman–Crippen LogP) is 18.6. The van der Waals surface area contributed by atoms with Crippen molar-refractivity contribution in [3.63, 3.8) is 0 Å². The lowest BCUT2D eigenvalue weighted by Gasteiger charge is -2.30. The number of rotatable bonds is 9. The molecule has 0 unspecified atom stereocenters. The molecule has 1 nitrogen and oxygen atoms in total. The van der Waals surface area contributed by atoms with Crippen LogP contribution in [0.2, 0.25) is 0 Å². The second-order valence-corrected chi connectivity index (χ2v) is 18.4. The highest BCUT2D eigenvalue weighted by molar-refractivity contribution is 6.01. The van der Waals surface area contributed by atoms with Crippen molar-refractivity contribution in [1.29, 1.82) is 0 Å². The molecule has 0 fully saturated rings. The van der Waals surface area contributed by atoms with Crippen LogP contribution in [0.15, 0.2) is 261 Å². The Labute approximate surface area is 399 Å². The minimum absolute atomic E-state index is 0.0691. The number of fused-ring (bicyclic) bond motifs is 4. The molecule has 0 saturated carbocycles. The highest BCUT2D eigenvalue weighted by Crippen LogP contribution is 2.53. The van der Waals surface area contributed by atoms with Crippen molar-refractivity contribution in [2.24, 2.45) is 0 Å². The second kappa shape index (κ2) is 17.0. The van der Waals surface area contributed by atoms with Crippen LogP contribution in [0, 0.1) is 0 Å². The van der Waals surface area contributed by atoms with E-state index in [-0.39, 0.29) is 5.41 Å². The molecule has 1 heteroatoms. The topological polar surface area (TPSA) is 3.24 Å². The third-order valence-corrected chi connectivity index (χ3v) is 14.1. The summed E-state index contributed by atoms with van der Waals surface area (Å²) in [5, 5.41) is 2.51. The minimum Gasteiger partial charge on any atom is -0.310 e. The van der Waals surface area contributed by atoms with Gasteiger partial charge in [0.1, 0.15) is 0 Å². The molecule has 0 saturated heterocycles. The van der Waals surface area contributed by atoms with E-state index in [0.717, 1.165) is 17.1 Å². The lowest BCUT2D eigenvalue weighted by molar-refractivity contribution is 0.660. The quantitative estimate of drug-likeness (QED) is 0.140. The second-order valence-electron chi connectivity index (χ2n) is 18.4. The van der Waals surface area contributed by atoms with Gasteiger partial charge >= 0.3 is 0 Å². The lowest BCUT2D eigenvalue weighted by atomic mass is 9.82. The van der Waals surface area contributed by atoms with E-state index < -0.39 is 0 Å². The summed E-state index contributed by atoms with van der Waals surface area (Å²) in [4.78, 5) is 2.45. The van der Waals surface area contributed by atoms with Crippen LogP contribution in [0.4, 0.5) is 17.1 Å². The Balaban J connectivity index is 1.00. The van der Waals surface area contributed by atoms with Crippen molar-refractivity contribution >= 4 is 27.8 Å². The first kappa shape index (κ1) is 40.9. The van der Waals surface area contributed by atoms with E-state index in [2.05, 4.69) is 280 Å². The molecule has 0 spiro atoms. The minimum atomic E-state index is -0.0691. The average molecular weight is 868 g/mol. The molecule has 0 atom stereocenters. The van der Waals surface area contributed by atoms with Gasteiger partial charge in [0.25, 0.3) is 0 Å². The van der Waals surface area contributed by atoms with Gasteiger partial charge in [0.2, 0.25) is 0 Å².